The van der Waals surface area contributed by atoms with Crippen LogP contribution in [-0.4, -0.2) is 44.6 Å². The van der Waals surface area contributed by atoms with E-state index in [0.29, 0.717) is 18.0 Å². The highest BCUT2D eigenvalue weighted by atomic mass is 16.5. The number of ether oxygens (including phenoxy) is 1. The highest BCUT2D eigenvalue weighted by Crippen LogP contribution is 2.24. The molecule has 1 aromatic rings. The van der Waals surface area contributed by atoms with Crippen LogP contribution in [0, 0.1) is 5.92 Å². The first-order valence-electron chi connectivity index (χ1n) is 8.33. The molecule has 1 amide bonds. The van der Waals surface area contributed by atoms with Gasteiger partial charge in [-0.1, -0.05) is 19.3 Å². The van der Waals surface area contributed by atoms with Crippen LogP contribution in [0.1, 0.15) is 42.5 Å². The Bertz CT molecular complexity index is 453. The number of carbonyl (C=O) groups is 1. The van der Waals surface area contributed by atoms with Gasteiger partial charge < -0.3 is 15.0 Å². The average Bonchev–Trinajstić information content (AvgIpc) is 2.58. The summed E-state index contributed by atoms with van der Waals surface area (Å²) in [6.45, 7) is 2.30. The second-order valence-corrected chi connectivity index (χ2v) is 6.17. The number of hydrogen-bond donors (Lipinski definition) is 1. The van der Waals surface area contributed by atoms with Crippen LogP contribution in [0.3, 0.4) is 0 Å². The number of nitrogens with one attached hydrogen (secondary N) is 1. The molecular formula is C18H28N2O2. The molecule has 0 radical (unpaired) electrons. The second kappa shape index (κ2) is 8.79. The summed E-state index contributed by atoms with van der Waals surface area (Å²) >= 11 is 0. The molecule has 1 aliphatic rings. The topological polar surface area (TPSA) is 41.6 Å². The molecule has 1 N–H and O–H groups in total. The molecule has 1 fully saturated rings. The summed E-state index contributed by atoms with van der Waals surface area (Å²) in [5.74, 6) is 1.61. The Kier molecular flexibility index (Phi) is 6.72. The zero-order chi connectivity index (χ0) is 15.8. The molecule has 1 saturated carbocycles. The van der Waals surface area contributed by atoms with Crippen molar-refractivity contribution in [3.8, 4) is 5.75 Å². The Labute approximate surface area is 133 Å². The average molecular weight is 304 g/mol. The van der Waals surface area contributed by atoms with E-state index < -0.39 is 0 Å². The van der Waals surface area contributed by atoms with Crippen LogP contribution in [-0.2, 0) is 0 Å². The molecule has 0 heterocycles. The van der Waals surface area contributed by atoms with Crippen LogP contribution < -0.4 is 10.1 Å². The van der Waals surface area contributed by atoms with Crippen molar-refractivity contribution in [2.45, 2.75) is 32.1 Å². The predicted octanol–water partition coefficient (Wildman–Crippen LogP) is 2.94. The Balaban J connectivity index is 1.82. The van der Waals surface area contributed by atoms with E-state index in [9.17, 15) is 4.79 Å². The van der Waals surface area contributed by atoms with Gasteiger partial charge in [0, 0.05) is 25.7 Å². The number of carbonyl (C=O) groups excluding carboxylic acids is 1. The quantitative estimate of drug-likeness (QED) is 0.842. The van der Waals surface area contributed by atoms with Crippen LogP contribution in [0.25, 0.3) is 0 Å². The van der Waals surface area contributed by atoms with Crippen LogP contribution in [0.4, 0.5) is 0 Å². The maximum Gasteiger partial charge on any atom is 0.253 e. The first kappa shape index (κ1) is 16.8. The lowest BCUT2D eigenvalue weighted by Crippen LogP contribution is -2.32. The molecule has 0 atom stereocenters. The minimum atomic E-state index is 0.0501. The van der Waals surface area contributed by atoms with E-state index in [2.05, 4.69) is 5.32 Å². The van der Waals surface area contributed by atoms with Gasteiger partial charge in [-0.15, -0.1) is 0 Å². The lowest BCUT2D eigenvalue weighted by atomic mass is 9.90. The van der Waals surface area contributed by atoms with Crippen molar-refractivity contribution < 1.29 is 9.53 Å². The standard InChI is InChI=1S/C18H28N2O2/c1-19-12-13-20(2)18(21)16-8-10-17(11-9-16)22-14-15-6-4-3-5-7-15/h8-11,15,19H,3-7,12-14H2,1-2H3. The molecule has 0 bridgehead atoms. The van der Waals surface area contributed by atoms with Crippen molar-refractivity contribution in [2.75, 3.05) is 33.8 Å². The summed E-state index contributed by atoms with van der Waals surface area (Å²) in [5.41, 5.74) is 0.712. The fourth-order valence-electron chi connectivity index (χ4n) is 2.86. The van der Waals surface area contributed by atoms with Crippen molar-refractivity contribution >= 4 is 5.91 Å². The highest BCUT2D eigenvalue weighted by Gasteiger charge is 2.14. The van der Waals surface area contributed by atoms with Gasteiger partial charge in [-0.25, -0.2) is 0 Å². The van der Waals surface area contributed by atoms with Crippen LogP contribution in [0.5, 0.6) is 5.75 Å². The summed E-state index contributed by atoms with van der Waals surface area (Å²) in [6.07, 6.45) is 6.61. The summed E-state index contributed by atoms with van der Waals surface area (Å²) in [5, 5.41) is 3.05. The van der Waals surface area contributed by atoms with E-state index in [1.165, 1.54) is 32.1 Å². The third-order valence-electron chi connectivity index (χ3n) is 4.36. The van der Waals surface area contributed by atoms with E-state index in [-0.39, 0.29) is 5.91 Å². The lowest BCUT2D eigenvalue weighted by Gasteiger charge is -2.21. The van der Waals surface area contributed by atoms with Crippen LogP contribution in [0.15, 0.2) is 24.3 Å². The first-order valence-corrected chi connectivity index (χ1v) is 8.33. The Hall–Kier alpha value is -1.55. The molecule has 122 valence electrons. The van der Waals surface area contributed by atoms with Gasteiger partial charge in [0.2, 0.25) is 0 Å². The number of rotatable bonds is 7. The molecule has 1 aromatic carbocycles. The Morgan fingerprint density at radius 3 is 2.55 bits per heavy atom. The molecule has 4 nitrogen and oxygen atoms in total. The van der Waals surface area contributed by atoms with Gasteiger partial charge in [0.15, 0.2) is 0 Å². The minimum Gasteiger partial charge on any atom is -0.493 e. The van der Waals surface area contributed by atoms with E-state index in [4.69, 9.17) is 4.74 Å². The van der Waals surface area contributed by atoms with Crippen molar-refractivity contribution in [3.63, 3.8) is 0 Å². The van der Waals surface area contributed by atoms with Gasteiger partial charge in [-0.3, -0.25) is 4.79 Å². The minimum absolute atomic E-state index is 0.0501. The molecule has 0 unspecified atom stereocenters. The van der Waals surface area contributed by atoms with Crippen molar-refractivity contribution in [3.05, 3.63) is 29.8 Å². The maximum atomic E-state index is 12.2. The van der Waals surface area contributed by atoms with Crippen molar-refractivity contribution in [1.82, 2.24) is 10.2 Å². The van der Waals surface area contributed by atoms with Gasteiger partial charge in [0.25, 0.3) is 5.91 Å². The molecule has 22 heavy (non-hydrogen) atoms. The number of amides is 1. The second-order valence-electron chi connectivity index (χ2n) is 6.17. The molecule has 0 aromatic heterocycles. The smallest absolute Gasteiger partial charge is 0.253 e. The summed E-state index contributed by atoms with van der Waals surface area (Å²) in [7, 11) is 3.71. The summed E-state index contributed by atoms with van der Waals surface area (Å²) in [6, 6.07) is 7.52. The molecule has 4 heteroatoms. The molecule has 0 saturated heterocycles. The molecule has 2 rings (SSSR count). The van der Waals surface area contributed by atoms with Gasteiger partial charge >= 0.3 is 0 Å². The van der Waals surface area contributed by atoms with Gasteiger partial charge in [0.05, 0.1) is 6.61 Å². The zero-order valence-corrected chi connectivity index (χ0v) is 13.8. The fraction of sp³-hybridized carbons (Fsp3) is 0.611. The monoisotopic (exact) mass is 304 g/mol. The maximum absolute atomic E-state index is 12.2. The Morgan fingerprint density at radius 1 is 1.23 bits per heavy atom. The molecule has 0 aliphatic heterocycles. The van der Waals surface area contributed by atoms with Crippen LogP contribution >= 0.6 is 0 Å². The molecule has 1 aliphatic carbocycles. The van der Waals surface area contributed by atoms with Gasteiger partial charge in [-0.05, 0) is 50.1 Å². The van der Waals surface area contributed by atoms with Crippen molar-refractivity contribution in [1.29, 1.82) is 0 Å². The van der Waals surface area contributed by atoms with Crippen LogP contribution in [0.2, 0.25) is 0 Å². The van der Waals surface area contributed by atoms with Gasteiger partial charge in [0.1, 0.15) is 5.75 Å². The SMILES string of the molecule is CNCCN(C)C(=O)c1ccc(OCC2CCCCC2)cc1. The number of hydrogen-bond acceptors (Lipinski definition) is 3. The number of likely N-dealkylation sites (N-methyl/N-ethyl adjacent to an activating group) is 2. The van der Waals surface area contributed by atoms with E-state index in [1.807, 2.05) is 38.4 Å². The largest absolute Gasteiger partial charge is 0.493 e. The molecule has 0 spiro atoms. The Morgan fingerprint density at radius 2 is 1.91 bits per heavy atom. The third kappa shape index (κ3) is 5.02. The third-order valence-corrected chi connectivity index (χ3v) is 4.36. The number of nitrogens with zero attached hydrogens (tertiary/aromatic N) is 1. The first-order chi connectivity index (χ1) is 10.7. The van der Waals surface area contributed by atoms with E-state index in [1.54, 1.807) is 4.90 Å². The van der Waals surface area contributed by atoms with E-state index >= 15 is 0 Å². The summed E-state index contributed by atoms with van der Waals surface area (Å²) in [4.78, 5) is 14.0. The van der Waals surface area contributed by atoms with Crippen molar-refractivity contribution in [2.24, 2.45) is 5.92 Å². The highest BCUT2D eigenvalue weighted by molar-refractivity contribution is 5.94. The lowest BCUT2D eigenvalue weighted by molar-refractivity contribution is 0.0797. The predicted molar refractivity (Wildman–Crippen MR) is 89.4 cm³/mol. The number of benzene rings is 1. The normalized spacial score (nSPS) is 15.5. The molecular weight excluding hydrogens is 276 g/mol. The zero-order valence-electron chi connectivity index (χ0n) is 13.8. The van der Waals surface area contributed by atoms with E-state index in [0.717, 1.165) is 18.9 Å². The fourth-order valence-corrected chi connectivity index (χ4v) is 2.86. The summed E-state index contributed by atoms with van der Waals surface area (Å²) < 4.78 is 5.87. The van der Waals surface area contributed by atoms with Gasteiger partial charge in [-0.2, -0.15) is 0 Å².